The number of aryl methyl sites for hydroxylation is 1. The summed E-state index contributed by atoms with van der Waals surface area (Å²) in [6.45, 7) is 6.26. The van der Waals surface area contributed by atoms with Gasteiger partial charge in [-0.05, 0) is 56.8 Å². The molecule has 4 rings (SSSR count). The predicted octanol–water partition coefficient (Wildman–Crippen LogP) is 3.15. The molecule has 1 N–H and O–H groups in total. The van der Waals surface area contributed by atoms with Crippen LogP contribution in [0.1, 0.15) is 28.0 Å². The van der Waals surface area contributed by atoms with Crippen molar-refractivity contribution in [1.29, 1.82) is 0 Å². The zero-order valence-electron chi connectivity index (χ0n) is 17.4. The highest BCUT2D eigenvalue weighted by atomic mass is 19.1. The van der Waals surface area contributed by atoms with Crippen LogP contribution in [0.3, 0.4) is 0 Å². The Morgan fingerprint density at radius 2 is 2.00 bits per heavy atom. The first kappa shape index (κ1) is 20.2. The van der Waals surface area contributed by atoms with Crippen LogP contribution >= 0.6 is 0 Å². The first-order chi connectivity index (χ1) is 14.5. The van der Waals surface area contributed by atoms with E-state index in [0.29, 0.717) is 23.3 Å². The van der Waals surface area contributed by atoms with Crippen LogP contribution in [-0.2, 0) is 6.54 Å². The van der Waals surface area contributed by atoms with Gasteiger partial charge in [-0.15, -0.1) is 0 Å². The zero-order chi connectivity index (χ0) is 21.1. The number of hydrogen-bond acceptors (Lipinski definition) is 5. The maximum absolute atomic E-state index is 13.4. The average Bonchev–Trinajstić information content (AvgIpc) is 2.96. The number of rotatable bonds is 4. The molecule has 3 heterocycles. The van der Waals surface area contributed by atoms with Crippen molar-refractivity contribution in [3.63, 3.8) is 0 Å². The molecule has 0 saturated carbocycles. The molecule has 0 radical (unpaired) electrons. The quantitative estimate of drug-likeness (QED) is 0.720. The third kappa shape index (κ3) is 4.57. The number of benzene rings is 1. The number of halogens is 1. The number of carbonyl (C=O) groups excluding carboxylic acids is 1. The Labute approximate surface area is 175 Å². The van der Waals surface area contributed by atoms with E-state index in [1.54, 1.807) is 19.1 Å². The van der Waals surface area contributed by atoms with Gasteiger partial charge in [-0.2, -0.15) is 0 Å². The van der Waals surface area contributed by atoms with Crippen molar-refractivity contribution in [2.75, 3.05) is 38.1 Å². The maximum atomic E-state index is 13.4. The van der Waals surface area contributed by atoms with Gasteiger partial charge in [0.1, 0.15) is 11.6 Å². The SMILES string of the molecule is Cc1nc2cc(F)ccc2cc1C(=O)NCc1ccc(N2CCCN(C)CC2)nc1. The lowest BCUT2D eigenvalue weighted by Crippen LogP contribution is -2.29. The second-order valence-electron chi connectivity index (χ2n) is 7.81. The molecule has 1 aromatic carbocycles. The van der Waals surface area contributed by atoms with E-state index in [-0.39, 0.29) is 11.7 Å². The van der Waals surface area contributed by atoms with Gasteiger partial charge in [-0.1, -0.05) is 6.07 Å². The fourth-order valence-electron chi connectivity index (χ4n) is 3.73. The second kappa shape index (κ2) is 8.75. The van der Waals surface area contributed by atoms with Crippen molar-refractivity contribution < 1.29 is 9.18 Å². The molecule has 1 fully saturated rings. The van der Waals surface area contributed by atoms with Crippen LogP contribution in [0, 0.1) is 12.7 Å². The summed E-state index contributed by atoms with van der Waals surface area (Å²) in [5.41, 5.74) is 2.55. The van der Waals surface area contributed by atoms with Gasteiger partial charge in [-0.25, -0.2) is 9.37 Å². The number of anilines is 1. The highest BCUT2D eigenvalue weighted by molar-refractivity contribution is 5.98. The lowest BCUT2D eigenvalue weighted by atomic mass is 10.1. The molecule has 0 spiro atoms. The molecular weight excluding hydrogens is 381 g/mol. The Morgan fingerprint density at radius 1 is 1.13 bits per heavy atom. The summed E-state index contributed by atoms with van der Waals surface area (Å²) in [7, 11) is 2.15. The molecule has 1 amide bonds. The number of nitrogens with zero attached hydrogens (tertiary/aromatic N) is 4. The smallest absolute Gasteiger partial charge is 0.253 e. The van der Waals surface area contributed by atoms with Crippen LogP contribution in [0.2, 0.25) is 0 Å². The van der Waals surface area contributed by atoms with Crippen LogP contribution in [0.25, 0.3) is 10.9 Å². The predicted molar refractivity (Wildman–Crippen MR) is 116 cm³/mol. The van der Waals surface area contributed by atoms with Crippen molar-refractivity contribution in [2.45, 2.75) is 19.9 Å². The highest BCUT2D eigenvalue weighted by Crippen LogP contribution is 2.18. The van der Waals surface area contributed by atoms with Crippen LogP contribution in [0.4, 0.5) is 10.2 Å². The van der Waals surface area contributed by atoms with Gasteiger partial charge >= 0.3 is 0 Å². The van der Waals surface area contributed by atoms with Crippen LogP contribution in [0.5, 0.6) is 0 Å². The van der Waals surface area contributed by atoms with Gasteiger partial charge < -0.3 is 15.1 Å². The Bertz CT molecular complexity index is 1050. The fraction of sp³-hybridized carbons (Fsp3) is 0.348. The van der Waals surface area contributed by atoms with Crippen molar-refractivity contribution in [3.05, 3.63) is 65.2 Å². The third-order valence-corrected chi connectivity index (χ3v) is 5.52. The number of pyridine rings is 2. The second-order valence-corrected chi connectivity index (χ2v) is 7.81. The number of nitrogens with one attached hydrogen (secondary N) is 1. The van der Waals surface area contributed by atoms with Gasteiger partial charge in [0.05, 0.1) is 16.8 Å². The minimum atomic E-state index is -0.338. The molecule has 1 aliphatic heterocycles. The topological polar surface area (TPSA) is 61.4 Å². The Balaban J connectivity index is 1.41. The summed E-state index contributed by atoms with van der Waals surface area (Å²) in [5.74, 6) is 0.433. The van der Waals surface area contributed by atoms with Gasteiger partial charge in [0.15, 0.2) is 0 Å². The Kier molecular flexibility index (Phi) is 5.90. The van der Waals surface area contributed by atoms with E-state index >= 15 is 0 Å². The summed E-state index contributed by atoms with van der Waals surface area (Å²) in [5, 5.41) is 3.67. The number of likely N-dealkylation sites (N-methyl/N-ethyl adjacent to an activating group) is 1. The summed E-state index contributed by atoms with van der Waals surface area (Å²) in [6, 6.07) is 10.2. The molecule has 156 valence electrons. The maximum Gasteiger partial charge on any atom is 0.253 e. The largest absolute Gasteiger partial charge is 0.355 e. The number of amides is 1. The molecule has 3 aromatic rings. The molecule has 7 heteroatoms. The van der Waals surface area contributed by atoms with E-state index in [1.165, 1.54) is 12.1 Å². The monoisotopic (exact) mass is 407 g/mol. The number of hydrogen-bond donors (Lipinski definition) is 1. The number of carbonyl (C=O) groups is 1. The number of aromatic nitrogens is 2. The minimum absolute atomic E-state index is 0.203. The van der Waals surface area contributed by atoms with E-state index in [1.807, 2.05) is 18.3 Å². The van der Waals surface area contributed by atoms with Crippen molar-refractivity contribution >= 4 is 22.6 Å². The third-order valence-electron chi connectivity index (χ3n) is 5.52. The molecular formula is C23H26FN5O. The van der Waals surface area contributed by atoms with E-state index in [0.717, 1.165) is 49.4 Å². The Hall–Kier alpha value is -3.06. The summed E-state index contributed by atoms with van der Waals surface area (Å²) < 4.78 is 13.4. The van der Waals surface area contributed by atoms with E-state index in [4.69, 9.17) is 0 Å². The molecule has 0 aliphatic carbocycles. The summed E-state index contributed by atoms with van der Waals surface area (Å²) in [6.07, 6.45) is 2.94. The lowest BCUT2D eigenvalue weighted by Gasteiger charge is -2.21. The molecule has 30 heavy (non-hydrogen) atoms. The van der Waals surface area contributed by atoms with Gasteiger partial charge in [-0.3, -0.25) is 9.78 Å². The van der Waals surface area contributed by atoms with E-state index in [9.17, 15) is 9.18 Å². The first-order valence-electron chi connectivity index (χ1n) is 10.2. The van der Waals surface area contributed by atoms with Crippen molar-refractivity contribution in [2.24, 2.45) is 0 Å². The lowest BCUT2D eigenvalue weighted by molar-refractivity contribution is 0.0950. The normalized spacial score (nSPS) is 15.2. The first-order valence-corrected chi connectivity index (χ1v) is 10.2. The summed E-state index contributed by atoms with van der Waals surface area (Å²) >= 11 is 0. The van der Waals surface area contributed by atoms with Crippen LogP contribution in [-0.4, -0.2) is 54.0 Å². The molecule has 1 saturated heterocycles. The van der Waals surface area contributed by atoms with Crippen LogP contribution in [0.15, 0.2) is 42.6 Å². The van der Waals surface area contributed by atoms with E-state index < -0.39 is 0 Å². The van der Waals surface area contributed by atoms with Crippen LogP contribution < -0.4 is 10.2 Å². The van der Waals surface area contributed by atoms with E-state index in [2.05, 4.69) is 32.1 Å². The Morgan fingerprint density at radius 3 is 2.80 bits per heavy atom. The molecule has 2 aromatic heterocycles. The van der Waals surface area contributed by atoms with Gasteiger partial charge in [0.2, 0.25) is 0 Å². The minimum Gasteiger partial charge on any atom is -0.355 e. The highest BCUT2D eigenvalue weighted by Gasteiger charge is 2.14. The molecule has 0 bridgehead atoms. The van der Waals surface area contributed by atoms with Gasteiger partial charge in [0.25, 0.3) is 5.91 Å². The van der Waals surface area contributed by atoms with Crippen molar-refractivity contribution in [3.8, 4) is 0 Å². The standard InChI is InChI=1S/C23H26FN5O/c1-16-20(12-18-5-6-19(24)13-21(18)27-16)23(30)26-15-17-4-7-22(25-14-17)29-9-3-8-28(2)10-11-29/h4-7,12-14H,3,8-11,15H2,1-2H3,(H,26,30). The molecule has 0 atom stereocenters. The summed E-state index contributed by atoms with van der Waals surface area (Å²) in [4.78, 5) is 26.3. The average molecular weight is 407 g/mol. The molecule has 0 unspecified atom stereocenters. The molecule has 6 nitrogen and oxygen atoms in total. The fourth-order valence-corrected chi connectivity index (χ4v) is 3.73. The van der Waals surface area contributed by atoms with Crippen molar-refractivity contribution in [1.82, 2.24) is 20.2 Å². The molecule has 1 aliphatic rings. The number of fused-ring (bicyclic) bond motifs is 1. The zero-order valence-corrected chi connectivity index (χ0v) is 17.4. The van der Waals surface area contributed by atoms with Gasteiger partial charge in [0, 0.05) is 43.8 Å².